The molecule has 0 spiro atoms. The van der Waals surface area contributed by atoms with Gasteiger partial charge in [0.15, 0.2) is 0 Å². The van der Waals surface area contributed by atoms with Crippen molar-refractivity contribution in [2.75, 3.05) is 0 Å². The van der Waals surface area contributed by atoms with Gasteiger partial charge in [0.05, 0.1) is 22.4 Å². The monoisotopic (exact) mass is 255 g/mol. The van der Waals surface area contributed by atoms with Gasteiger partial charge in [0, 0.05) is 10.8 Å². The van der Waals surface area contributed by atoms with Crippen molar-refractivity contribution >= 4 is 39.1 Å². The molecule has 2 aromatic heterocycles. The fourth-order valence-electron chi connectivity index (χ4n) is 1.92. The number of hydrogen-bond acceptors (Lipinski definition) is 3. The van der Waals surface area contributed by atoms with Crippen molar-refractivity contribution in [3.8, 4) is 0 Å². The lowest BCUT2D eigenvalue weighted by Crippen LogP contribution is -1.97. The maximum absolute atomic E-state index is 5.94. The van der Waals surface area contributed by atoms with Gasteiger partial charge in [0.25, 0.3) is 0 Å². The van der Waals surface area contributed by atoms with Crippen LogP contribution >= 0.6 is 11.6 Å². The summed E-state index contributed by atoms with van der Waals surface area (Å²) in [5, 5.41) is 2.45. The van der Waals surface area contributed by atoms with Gasteiger partial charge >= 0.3 is 0 Å². The molecule has 1 aromatic carbocycles. The van der Waals surface area contributed by atoms with E-state index in [2.05, 4.69) is 16.5 Å². The summed E-state index contributed by atoms with van der Waals surface area (Å²) in [5.74, 6) is 0. The molecule has 2 heterocycles. The zero-order chi connectivity index (χ0) is 12.7. The lowest BCUT2D eigenvalue weighted by molar-refractivity contribution is 1.31. The summed E-state index contributed by atoms with van der Waals surface area (Å²) in [5.41, 5.74) is 8.35. The van der Waals surface area contributed by atoms with E-state index < -0.39 is 0 Å². The molecule has 0 unspecified atom stereocenters. The number of halogens is 1. The average molecular weight is 256 g/mol. The van der Waals surface area contributed by atoms with Crippen LogP contribution in [0.1, 0.15) is 5.69 Å². The van der Waals surface area contributed by atoms with Crippen LogP contribution in [0.25, 0.3) is 27.5 Å². The zero-order valence-corrected chi connectivity index (χ0v) is 10.3. The highest BCUT2D eigenvalue weighted by molar-refractivity contribution is 6.30. The topological polar surface area (TPSA) is 51.8 Å². The Labute approximate surface area is 109 Å². The number of hydrogen-bond donors (Lipinski definition) is 1. The molecule has 0 fully saturated rings. The molecule has 0 saturated carbocycles. The predicted molar refractivity (Wildman–Crippen MR) is 75.3 cm³/mol. The highest BCUT2D eigenvalue weighted by Crippen LogP contribution is 2.24. The van der Waals surface area contributed by atoms with Gasteiger partial charge in [-0.2, -0.15) is 0 Å². The summed E-state index contributed by atoms with van der Waals surface area (Å²) in [6, 6.07) is 11.5. The highest BCUT2D eigenvalue weighted by atomic mass is 35.5. The molecule has 0 radical (unpaired) electrons. The van der Waals surface area contributed by atoms with E-state index in [0.29, 0.717) is 16.5 Å². The minimum Gasteiger partial charge on any atom is -0.397 e. The summed E-state index contributed by atoms with van der Waals surface area (Å²) in [7, 11) is 0. The molecule has 0 amide bonds. The van der Waals surface area contributed by atoms with Crippen LogP contribution in [0.4, 0.5) is 0 Å². The van der Waals surface area contributed by atoms with E-state index in [0.717, 1.165) is 21.8 Å². The van der Waals surface area contributed by atoms with Crippen LogP contribution in [0, 0.1) is 0 Å². The lowest BCUT2D eigenvalue weighted by atomic mass is 10.1. The van der Waals surface area contributed by atoms with E-state index in [1.54, 1.807) is 6.07 Å². The molecule has 0 aliphatic heterocycles. The number of aromatic nitrogens is 2. The first-order valence-electron chi connectivity index (χ1n) is 5.46. The van der Waals surface area contributed by atoms with Crippen LogP contribution < -0.4 is 5.73 Å². The molecular formula is C14H10ClN3. The molecule has 0 saturated heterocycles. The first-order valence-corrected chi connectivity index (χ1v) is 5.84. The van der Waals surface area contributed by atoms with Gasteiger partial charge in [0.1, 0.15) is 5.15 Å². The average Bonchev–Trinajstić information content (AvgIpc) is 2.37. The quantitative estimate of drug-likeness (QED) is 0.536. The van der Waals surface area contributed by atoms with E-state index in [9.17, 15) is 0 Å². The van der Waals surface area contributed by atoms with Crippen molar-refractivity contribution in [3.63, 3.8) is 0 Å². The summed E-state index contributed by atoms with van der Waals surface area (Å²) in [6.07, 6.45) is 0. The number of nitrogens with zero attached hydrogens (tertiary/aromatic N) is 2. The van der Waals surface area contributed by atoms with Crippen LogP contribution in [-0.4, -0.2) is 9.97 Å². The van der Waals surface area contributed by atoms with E-state index in [1.807, 2.05) is 30.3 Å². The molecule has 0 atom stereocenters. The van der Waals surface area contributed by atoms with E-state index in [-0.39, 0.29) is 0 Å². The Morgan fingerprint density at radius 2 is 1.50 bits per heavy atom. The molecule has 3 rings (SSSR count). The Hall–Kier alpha value is -2.13. The van der Waals surface area contributed by atoms with Gasteiger partial charge in [-0.25, -0.2) is 9.97 Å². The molecular weight excluding hydrogens is 246 g/mol. The first-order chi connectivity index (χ1) is 8.65. The molecule has 18 heavy (non-hydrogen) atoms. The zero-order valence-electron chi connectivity index (χ0n) is 9.52. The lowest BCUT2D eigenvalue weighted by Gasteiger charge is -2.05. The molecule has 88 valence electrons. The second kappa shape index (κ2) is 3.96. The van der Waals surface area contributed by atoms with Crippen molar-refractivity contribution < 1.29 is 0 Å². The van der Waals surface area contributed by atoms with Gasteiger partial charge in [-0.3, -0.25) is 0 Å². The Bertz CT molecular complexity index is 780. The predicted octanol–water partition coefficient (Wildman–Crippen LogP) is 3.37. The summed E-state index contributed by atoms with van der Waals surface area (Å²) >= 11 is 5.94. The molecule has 3 aromatic rings. The van der Waals surface area contributed by atoms with Crippen molar-refractivity contribution in [2.45, 2.75) is 0 Å². The Morgan fingerprint density at radius 1 is 0.944 bits per heavy atom. The SMILES string of the molecule is C=C(N)c1ccc2ccc3ccc(Cl)nc3c2n1. The van der Waals surface area contributed by atoms with Gasteiger partial charge in [0.2, 0.25) is 0 Å². The fourth-order valence-corrected chi connectivity index (χ4v) is 2.07. The van der Waals surface area contributed by atoms with Crippen LogP contribution in [-0.2, 0) is 0 Å². The van der Waals surface area contributed by atoms with E-state index >= 15 is 0 Å². The molecule has 4 heteroatoms. The molecule has 0 aliphatic rings. The third-order valence-corrected chi connectivity index (χ3v) is 3.03. The molecule has 3 nitrogen and oxygen atoms in total. The Balaban J connectivity index is 2.46. The Kier molecular flexibility index (Phi) is 2.42. The van der Waals surface area contributed by atoms with Crippen molar-refractivity contribution in [2.24, 2.45) is 5.73 Å². The second-order valence-corrected chi connectivity index (χ2v) is 4.45. The van der Waals surface area contributed by atoms with E-state index in [1.165, 1.54) is 0 Å². The van der Waals surface area contributed by atoms with Crippen molar-refractivity contribution in [1.29, 1.82) is 0 Å². The standard InChI is InChI=1S/C14H10ClN3/c1-8(16)11-6-4-9-2-3-10-5-7-12(15)18-14(10)13(9)17-11/h2-7H,1,16H2. The number of nitrogens with two attached hydrogens (primary N) is 1. The maximum atomic E-state index is 5.94. The van der Waals surface area contributed by atoms with Gasteiger partial charge in [-0.15, -0.1) is 0 Å². The van der Waals surface area contributed by atoms with Crippen molar-refractivity contribution in [1.82, 2.24) is 9.97 Å². The minimum absolute atomic E-state index is 0.441. The van der Waals surface area contributed by atoms with Crippen LogP contribution in [0.15, 0.2) is 43.0 Å². The number of rotatable bonds is 1. The molecule has 0 bridgehead atoms. The normalized spacial score (nSPS) is 10.9. The summed E-state index contributed by atoms with van der Waals surface area (Å²) in [4.78, 5) is 8.83. The highest BCUT2D eigenvalue weighted by Gasteiger charge is 2.06. The molecule has 2 N–H and O–H groups in total. The van der Waals surface area contributed by atoms with Gasteiger partial charge in [-0.1, -0.05) is 36.4 Å². The first kappa shape index (κ1) is 11.0. The fraction of sp³-hybridized carbons (Fsp3) is 0. The number of pyridine rings is 2. The van der Waals surface area contributed by atoms with E-state index in [4.69, 9.17) is 17.3 Å². The number of fused-ring (bicyclic) bond motifs is 3. The van der Waals surface area contributed by atoms with Gasteiger partial charge in [-0.05, 0) is 18.2 Å². The summed E-state index contributed by atoms with van der Waals surface area (Å²) in [6.45, 7) is 3.70. The number of benzene rings is 1. The van der Waals surface area contributed by atoms with Gasteiger partial charge < -0.3 is 5.73 Å². The van der Waals surface area contributed by atoms with Crippen molar-refractivity contribution in [3.05, 3.63) is 53.8 Å². The maximum Gasteiger partial charge on any atom is 0.129 e. The van der Waals surface area contributed by atoms with Crippen LogP contribution in [0.2, 0.25) is 5.15 Å². The smallest absolute Gasteiger partial charge is 0.129 e. The van der Waals surface area contributed by atoms with Crippen LogP contribution in [0.3, 0.4) is 0 Å². The largest absolute Gasteiger partial charge is 0.397 e. The Morgan fingerprint density at radius 3 is 2.17 bits per heavy atom. The molecule has 0 aliphatic carbocycles. The second-order valence-electron chi connectivity index (χ2n) is 4.06. The third kappa shape index (κ3) is 1.69. The van der Waals surface area contributed by atoms with Crippen LogP contribution in [0.5, 0.6) is 0 Å². The minimum atomic E-state index is 0.441. The third-order valence-electron chi connectivity index (χ3n) is 2.81. The summed E-state index contributed by atoms with van der Waals surface area (Å²) < 4.78 is 0.